The minimum atomic E-state index is -1.21. The highest BCUT2D eigenvalue weighted by molar-refractivity contribution is 5.73. The Hall–Kier alpha value is -3.10. The zero-order chi connectivity index (χ0) is 19.2. The summed E-state index contributed by atoms with van der Waals surface area (Å²) in [7, 11) is 1.36. The van der Waals surface area contributed by atoms with Gasteiger partial charge in [-0.25, -0.2) is 26.6 Å². The van der Waals surface area contributed by atoms with Crippen LogP contribution in [0, 0.1) is 36.0 Å². The number of aromatic nitrogens is 2. The summed E-state index contributed by atoms with van der Waals surface area (Å²) in [6, 6.07) is 2.64. The third kappa shape index (κ3) is 2.96. The van der Waals surface area contributed by atoms with Crippen LogP contribution < -0.4 is 10.5 Å². The molecule has 136 valence electrons. The van der Waals surface area contributed by atoms with E-state index < -0.39 is 40.4 Å². The van der Waals surface area contributed by atoms with E-state index in [1.807, 2.05) is 0 Å². The predicted molar refractivity (Wildman–Crippen MR) is 84.1 cm³/mol. The molecule has 2 aromatic carbocycles. The SMILES string of the molecule is Cc1nn(C)c(Oc2c(F)cc(N)cc2F)c1-c1c(F)cc(F)cc1F. The lowest BCUT2D eigenvalue weighted by molar-refractivity contribution is 0.378. The molecule has 0 amide bonds. The van der Waals surface area contributed by atoms with Crippen molar-refractivity contribution < 1.29 is 26.7 Å². The Morgan fingerprint density at radius 3 is 1.96 bits per heavy atom. The van der Waals surface area contributed by atoms with E-state index in [9.17, 15) is 22.0 Å². The number of nitrogen functional groups attached to an aromatic ring is 1. The second-order valence-electron chi connectivity index (χ2n) is 5.55. The average Bonchev–Trinajstić information content (AvgIpc) is 2.76. The van der Waals surface area contributed by atoms with Gasteiger partial charge in [0.05, 0.1) is 16.8 Å². The van der Waals surface area contributed by atoms with Gasteiger partial charge < -0.3 is 10.5 Å². The molecule has 2 N–H and O–H groups in total. The number of aryl methyl sites for hydroxylation is 2. The maximum absolute atomic E-state index is 14.2. The Labute approximate surface area is 144 Å². The Morgan fingerprint density at radius 2 is 1.42 bits per heavy atom. The first-order valence-corrected chi connectivity index (χ1v) is 7.30. The van der Waals surface area contributed by atoms with Crippen LogP contribution in [0.4, 0.5) is 27.6 Å². The fourth-order valence-corrected chi connectivity index (χ4v) is 2.60. The van der Waals surface area contributed by atoms with Crippen molar-refractivity contribution in [2.45, 2.75) is 6.92 Å². The minimum absolute atomic E-state index is 0.114. The molecule has 1 heterocycles. The summed E-state index contributed by atoms with van der Waals surface area (Å²) in [5.41, 5.74) is 4.48. The first kappa shape index (κ1) is 17.7. The lowest BCUT2D eigenvalue weighted by Crippen LogP contribution is -2.01. The third-order valence-electron chi connectivity index (χ3n) is 3.65. The number of hydrogen-bond acceptors (Lipinski definition) is 3. The summed E-state index contributed by atoms with van der Waals surface area (Å²) in [6.07, 6.45) is 0. The molecule has 0 bridgehead atoms. The fourth-order valence-electron chi connectivity index (χ4n) is 2.60. The van der Waals surface area contributed by atoms with E-state index in [4.69, 9.17) is 10.5 Å². The van der Waals surface area contributed by atoms with Crippen molar-refractivity contribution in [3.63, 3.8) is 0 Å². The quantitative estimate of drug-likeness (QED) is 0.548. The van der Waals surface area contributed by atoms with Gasteiger partial charge in [-0.15, -0.1) is 0 Å². The van der Waals surface area contributed by atoms with Gasteiger partial charge in [0.1, 0.15) is 17.5 Å². The number of nitrogens with zero attached hydrogens (tertiary/aromatic N) is 2. The van der Waals surface area contributed by atoms with E-state index in [0.717, 1.165) is 16.8 Å². The van der Waals surface area contributed by atoms with Gasteiger partial charge in [0, 0.05) is 37.0 Å². The second-order valence-corrected chi connectivity index (χ2v) is 5.55. The van der Waals surface area contributed by atoms with E-state index in [2.05, 4.69) is 5.10 Å². The predicted octanol–water partition coefficient (Wildman–Crippen LogP) is 4.47. The molecule has 0 fully saturated rings. The van der Waals surface area contributed by atoms with Crippen molar-refractivity contribution in [2.24, 2.45) is 7.05 Å². The van der Waals surface area contributed by atoms with Gasteiger partial charge in [-0.2, -0.15) is 5.10 Å². The number of hydrogen-bond donors (Lipinski definition) is 1. The number of nitrogens with two attached hydrogens (primary N) is 1. The average molecular weight is 369 g/mol. The highest BCUT2D eigenvalue weighted by atomic mass is 19.2. The molecule has 0 aliphatic heterocycles. The highest BCUT2D eigenvalue weighted by Crippen LogP contribution is 2.40. The summed E-state index contributed by atoms with van der Waals surface area (Å²) < 4.78 is 75.9. The topological polar surface area (TPSA) is 53.1 Å². The lowest BCUT2D eigenvalue weighted by atomic mass is 10.0. The van der Waals surface area contributed by atoms with Crippen LogP contribution in [0.1, 0.15) is 5.69 Å². The molecule has 0 saturated carbocycles. The van der Waals surface area contributed by atoms with Crippen LogP contribution >= 0.6 is 0 Å². The molecule has 26 heavy (non-hydrogen) atoms. The second kappa shape index (κ2) is 6.32. The Kier molecular flexibility index (Phi) is 4.31. The number of benzene rings is 2. The van der Waals surface area contributed by atoms with Gasteiger partial charge in [-0.05, 0) is 6.92 Å². The van der Waals surface area contributed by atoms with Crippen LogP contribution in [0.2, 0.25) is 0 Å². The Morgan fingerprint density at radius 1 is 0.885 bits per heavy atom. The molecule has 4 nitrogen and oxygen atoms in total. The molecule has 3 rings (SSSR count). The molecule has 0 radical (unpaired) electrons. The molecular weight excluding hydrogens is 357 g/mol. The third-order valence-corrected chi connectivity index (χ3v) is 3.65. The molecule has 0 aliphatic carbocycles. The highest BCUT2D eigenvalue weighted by Gasteiger charge is 2.26. The van der Waals surface area contributed by atoms with E-state index in [0.29, 0.717) is 12.1 Å². The van der Waals surface area contributed by atoms with Crippen molar-refractivity contribution in [3.05, 3.63) is 59.0 Å². The van der Waals surface area contributed by atoms with E-state index in [-0.39, 0.29) is 22.8 Å². The van der Waals surface area contributed by atoms with Crippen LogP contribution in [0.15, 0.2) is 24.3 Å². The van der Waals surface area contributed by atoms with Gasteiger partial charge >= 0.3 is 0 Å². The van der Waals surface area contributed by atoms with Crippen LogP contribution in [0.3, 0.4) is 0 Å². The molecule has 0 spiro atoms. The van der Waals surface area contributed by atoms with Gasteiger partial charge in [0.2, 0.25) is 11.6 Å². The Bertz CT molecular complexity index is 970. The summed E-state index contributed by atoms with van der Waals surface area (Å²) in [5, 5.41) is 3.96. The summed E-state index contributed by atoms with van der Waals surface area (Å²) >= 11 is 0. The van der Waals surface area contributed by atoms with Gasteiger partial charge in [-0.1, -0.05) is 0 Å². The van der Waals surface area contributed by atoms with Crippen LogP contribution in [0.25, 0.3) is 11.1 Å². The molecular formula is C17H12F5N3O. The number of ether oxygens (including phenoxy) is 1. The molecule has 0 saturated heterocycles. The van der Waals surface area contributed by atoms with E-state index in [1.165, 1.54) is 14.0 Å². The molecule has 3 aromatic rings. The maximum atomic E-state index is 14.2. The molecule has 9 heteroatoms. The van der Waals surface area contributed by atoms with Crippen molar-refractivity contribution in [3.8, 4) is 22.8 Å². The van der Waals surface area contributed by atoms with Crippen molar-refractivity contribution in [2.75, 3.05) is 5.73 Å². The van der Waals surface area contributed by atoms with Gasteiger partial charge in [0.25, 0.3) is 0 Å². The fraction of sp³-hybridized carbons (Fsp3) is 0.118. The molecule has 0 atom stereocenters. The lowest BCUT2D eigenvalue weighted by Gasteiger charge is -2.12. The normalized spacial score (nSPS) is 11.0. The Balaban J connectivity index is 2.21. The zero-order valence-corrected chi connectivity index (χ0v) is 13.6. The van der Waals surface area contributed by atoms with Gasteiger partial charge in [0.15, 0.2) is 11.6 Å². The summed E-state index contributed by atoms with van der Waals surface area (Å²) in [6.45, 7) is 1.42. The number of anilines is 1. The number of halogens is 5. The number of rotatable bonds is 3. The van der Waals surface area contributed by atoms with Crippen molar-refractivity contribution >= 4 is 5.69 Å². The first-order valence-electron chi connectivity index (χ1n) is 7.30. The van der Waals surface area contributed by atoms with Crippen LogP contribution in [-0.4, -0.2) is 9.78 Å². The van der Waals surface area contributed by atoms with E-state index >= 15 is 0 Å². The monoisotopic (exact) mass is 369 g/mol. The van der Waals surface area contributed by atoms with Crippen molar-refractivity contribution in [1.82, 2.24) is 9.78 Å². The molecule has 0 aliphatic rings. The van der Waals surface area contributed by atoms with Crippen LogP contribution in [-0.2, 0) is 7.05 Å². The van der Waals surface area contributed by atoms with Crippen molar-refractivity contribution in [1.29, 1.82) is 0 Å². The molecule has 1 aromatic heterocycles. The standard InChI is InChI=1S/C17H12F5N3O/c1-7-14(15-10(19)3-8(18)4-11(15)20)17(25(2)24-7)26-16-12(21)5-9(23)6-13(16)22/h3-6H,23H2,1-2H3. The first-order chi connectivity index (χ1) is 12.2. The van der Waals surface area contributed by atoms with Gasteiger partial charge in [-0.3, -0.25) is 0 Å². The maximum Gasteiger partial charge on any atom is 0.226 e. The molecule has 0 unspecified atom stereocenters. The largest absolute Gasteiger partial charge is 0.432 e. The van der Waals surface area contributed by atoms with Crippen LogP contribution in [0.5, 0.6) is 11.6 Å². The van der Waals surface area contributed by atoms with E-state index in [1.54, 1.807) is 0 Å². The minimum Gasteiger partial charge on any atom is -0.432 e. The smallest absolute Gasteiger partial charge is 0.226 e. The zero-order valence-electron chi connectivity index (χ0n) is 13.6. The summed E-state index contributed by atoms with van der Waals surface area (Å²) in [4.78, 5) is 0. The summed E-state index contributed by atoms with van der Waals surface area (Å²) in [5.74, 6) is -6.87.